The lowest BCUT2D eigenvalue weighted by Crippen LogP contribution is -2.54. The van der Waals surface area contributed by atoms with Crippen molar-refractivity contribution < 1.29 is 37.1 Å². The number of aliphatic imine (C=N–C) groups is 1. The van der Waals surface area contributed by atoms with Gasteiger partial charge in [0.05, 0.1) is 11.1 Å². The third-order valence-corrected chi connectivity index (χ3v) is 7.43. The van der Waals surface area contributed by atoms with Gasteiger partial charge in [0, 0.05) is 45.3 Å². The van der Waals surface area contributed by atoms with E-state index < -0.39 is 41.5 Å². The van der Waals surface area contributed by atoms with Crippen molar-refractivity contribution in [3.05, 3.63) is 76.6 Å². The minimum Gasteiger partial charge on any atom is -0.488 e. The van der Waals surface area contributed by atoms with Gasteiger partial charge in [-0.15, -0.1) is 0 Å². The van der Waals surface area contributed by atoms with Crippen molar-refractivity contribution in [1.82, 2.24) is 20.0 Å². The summed E-state index contributed by atoms with van der Waals surface area (Å²) in [4.78, 5) is 57.8. The van der Waals surface area contributed by atoms with E-state index in [-0.39, 0.29) is 36.3 Å². The number of alkyl halides is 3. The van der Waals surface area contributed by atoms with Crippen molar-refractivity contribution >= 4 is 30.3 Å². The van der Waals surface area contributed by atoms with Gasteiger partial charge in [-0.3, -0.25) is 39.3 Å². The Hall–Kier alpha value is -4.52. The summed E-state index contributed by atoms with van der Waals surface area (Å²) >= 11 is 0. The first-order valence-electron chi connectivity index (χ1n) is 13.3. The Balaban J connectivity index is 1.17. The molecular formula is C29H28F3N5O5. The second-order valence-corrected chi connectivity index (χ2v) is 10.2. The first-order valence-corrected chi connectivity index (χ1v) is 13.3. The molecule has 0 spiro atoms. The zero-order valence-electron chi connectivity index (χ0n) is 22.5. The average molecular weight is 584 g/mol. The van der Waals surface area contributed by atoms with E-state index in [1.807, 2.05) is 24.3 Å². The number of nitrogens with one attached hydrogen (secondary N) is 1. The number of carbonyl (C=O) groups is 4. The van der Waals surface area contributed by atoms with Crippen molar-refractivity contribution in [2.24, 2.45) is 4.99 Å². The van der Waals surface area contributed by atoms with Crippen LogP contribution in [0.15, 0.2) is 59.4 Å². The van der Waals surface area contributed by atoms with Crippen molar-refractivity contribution in [3.63, 3.8) is 0 Å². The molecule has 1 unspecified atom stereocenters. The zero-order valence-corrected chi connectivity index (χ0v) is 22.5. The molecule has 0 aromatic heterocycles. The molecule has 2 aromatic carbocycles. The lowest BCUT2D eigenvalue weighted by atomic mass is 10.0. The molecule has 0 aliphatic carbocycles. The zero-order chi connectivity index (χ0) is 30.0. The van der Waals surface area contributed by atoms with Gasteiger partial charge in [0.15, 0.2) is 5.70 Å². The Morgan fingerprint density at radius 1 is 1.00 bits per heavy atom. The van der Waals surface area contributed by atoms with Gasteiger partial charge in [-0.25, -0.2) is 0 Å². The normalized spacial score (nSPS) is 20.1. The van der Waals surface area contributed by atoms with Crippen LogP contribution >= 0.6 is 0 Å². The third-order valence-electron chi connectivity index (χ3n) is 7.43. The summed E-state index contributed by atoms with van der Waals surface area (Å²) in [5.41, 5.74) is 1.07. The number of piperazine rings is 1. The van der Waals surface area contributed by atoms with Crippen LogP contribution in [0.2, 0.25) is 0 Å². The molecule has 1 N–H and O–H groups in total. The molecular weight excluding hydrogens is 555 g/mol. The van der Waals surface area contributed by atoms with Crippen LogP contribution in [0.1, 0.15) is 44.7 Å². The topological polar surface area (TPSA) is 112 Å². The maximum Gasteiger partial charge on any atom is 0.434 e. The summed E-state index contributed by atoms with van der Waals surface area (Å²) in [7, 11) is 0. The Morgan fingerprint density at radius 3 is 2.33 bits per heavy atom. The Labute approximate surface area is 239 Å². The predicted molar refractivity (Wildman–Crippen MR) is 144 cm³/mol. The van der Waals surface area contributed by atoms with Crippen LogP contribution in [0, 0.1) is 0 Å². The van der Waals surface area contributed by atoms with Gasteiger partial charge in [-0.2, -0.15) is 13.2 Å². The molecule has 2 aromatic rings. The minimum absolute atomic E-state index is 0.0347. The van der Waals surface area contributed by atoms with Crippen LogP contribution in [0.5, 0.6) is 5.75 Å². The van der Waals surface area contributed by atoms with E-state index in [0.29, 0.717) is 32.7 Å². The number of halogens is 3. The number of hydrogen-bond donors (Lipinski definition) is 1. The molecule has 13 heteroatoms. The molecule has 0 saturated carbocycles. The standard InChI is InChI=1S/C29H28F3N5O5/c1-33-23(29(30,31)32)16-36-13-11-35(12-14-36)15-18-5-7-19(8-6-18)17-42-22-4-2-3-20-25(22)28(41)37(27(20)40)21-9-10-24(38)34-26(21)39/h2-8,16,21H,1,9-15,17H2,(H,34,38,39)/b23-16-. The lowest BCUT2D eigenvalue weighted by Gasteiger charge is -2.34. The van der Waals surface area contributed by atoms with Gasteiger partial charge in [-0.1, -0.05) is 30.3 Å². The number of benzene rings is 2. The first-order chi connectivity index (χ1) is 20.0. The largest absolute Gasteiger partial charge is 0.488 e. The molecule has 2 fully saturated rings. The maximum atomic E-state index is 13.2. The van der Waals surface area contributed by atoms with Gasteiger partial charge in [0.25, 0.3) is 11.8 Å². The van der Waals surface area contributed by atoms with Crippen LogP contribution < -0.4 is 10.1 Å². The van der Waals surface area contributed by atoms with Gasteiger partial charge in [0.2, 0.25) is 11.8 Å². The molecule has 10 nitrogen and oxygen atoms in total. The van der Waals surface area contributed by atoms with E-state index in [0.717, 1.165) is 22.2 Å². The molecule has 4 amide bonds. The van der Waals surface area contributed by atoms with Crippen LogP contribution in [-0.4, -0.2) is 83.4 Å². The highest BCUT2D eigenvalue weighted by molar-refractivity contribution is 6.24. The Bertz CT molecular complexity index is 1450. The number of rotatable bonds is 8. The summed E-state index contributed by atoms with van der Waals surface area (Å²) in [6.45, 7) is 5.81. The van der Waals surface area contributed by atoms with Crippen LogP contribution in [0.3, 0.4) is 0 Å². The Morgan fingerprint density at radius 2 is 1.69 bits per heavy atom. The molecule has 5 rings (SSSR count). The molecule has 3 heterocycles. The fourth-order valence-corrected chi connectivity index (χ4v) is 5.19. The fraction of sp³-hybridized carbons (Fsp3) is 0.345. The molecule has 220 valence electrons. The number of ether oxygens (including phenoxy) is 1. The van der Waals surface area contributed by atoms with E-state index in [1.54, 1.807) is 17.0 Å². The predicted octanol–water partition coefficient (Wildman–Crippen LogP) is 2.89. The molecule has 2 saturated heterocycles. The molecule has 1 atom stereocenters. The van der Waals surface area contributed by atoms with Gasteiger partial charge >= 0.3 is 6.18 Å². The summed E-state index contributed by atoms with van der Waals surface area (Å²) in [6, 6.07) is 11.3. The first kappa shape index (κ1) is 29.0. The van der Waals surface area contributed by atoms with Gasteiger partial charge < -0.3 is 9.64 Å². The second kappa shape index (κ2) is 11.8. The molecule has 42 heavy (non-hydrogen) atoms. The fourth-order valence-electron chi connectivity index (χ4n) is 5.19. The number of nitrogens with zero attached hydrogens (tertiary/aromatic N) is 4. The van der Waals surface area contributed by atoms with Crippen LogP contribution in [0.4, 0.5) is 13.2 Å². The number of amides is 4. The van der Waals surface area contributed by atoms with Gasteiger partial charge in [0.1, 0.15) is 18.4 Å². The molecule has 0 radical (unpaired) electrons. The maximum absolute atomic E-state index is 13.2. The molecule has 3 aliphatic heterocycles. The number of imide groups is 2. The second-order valence-electron chi connectivity index (χ2n) is 10.2. The molecule has 3 aliphatic rings. The van der Waals surface area contributed by atoms with Crippen molar-refractivity contribution in [3.8, 4) is 5.75 Å². The number of fused-ring (bicyclic) bond motifs is 1. The van der Waals surface area contributed by atoms with E-state index >= 15 is 0 Å². The van der Waals surface area contributed by atoms with Crippen LogP contribution in [-0.2, 0) is 22.7 Å². The Kier molecular flexibility index (Phi) is 8.12. The van der Waals surface area contributed by atoms with Crippen molar-refractivity contribution in [2.75, 3.05) is 26.2 Å². The number of carbonyl (C=O) groups excluding carboxylic acids is 4. The number of hydrogen-bond acceptors (Lipinski definition) is 8. The quantitative estimate of drug-likeness (QED) is 0.376. The smallest absolute Gasteiger partial charge is 0.434 e. The highest BCUT2D eigenvalue weighted by Gasteiger charge is 2.46. The van der Waals surface area contributed by atoms with Crippen molar-refractivity contribution in [1.29, 1.82) is 0 Å². The monoisotopic (exact) mass is 583 g/mol. The average Bonchev–Trinajstić information content (AvgIpc) is 3.21. The summed E-state index contributed by atoms with van der Waals surface area (Å²) < 4.78 is 44.7. The molecule has 0 bridgehead atoms. The minimum atomic E-state index is -4.53. The number of allylic oxidation sites excluding steroid dienone is 1. The van der Waals surface area contributed by atoms with E-state index in [1.165, 1.54) is 6.07 Å². The SMILES string of the molecule is C=N/C(=C\N1CCN(Cc2ccc(COc3cccc4c3C(=O)N(C3CCC(=O)NC3=O)C4=O)cc2)CC1)C(F)(F)F. The van der Waals surface area contributed by atoms with E-state index in [2.05, 4.69) is 21.9 Å². The van der Waals surface area contributed by atoms with Crippen molar-refractivity contribution in [2.45, 2.75) is 38.2 Å². The summed E-state index contributed by atoms with van der Waals surface area (Å²) in [5.74, 6) is -2.14. The summed E-state index contributed by atoms with van der Waals surface area (Å²) in [6.07, 6.45) is -3.42. The van der Waals surface area contributed by atoms with E-state index in [9.17, 15) is 32.3 Å². The lowest BCUT2D eigenvalue weighted by molar-refractivity contribution is -0.136. The van der Waals surface area contributed by atoms with Gasteiger partial charge in [-0.05, 0) is 36.4 Å². The highest BCUT2D eigenvalue weighted by atomic mass is 19.4. The van der Waals surface area contributed by atoms with E-state index in [4.69, 9.17) is 4.74 Å². The highest BCUT2D eigenvalue weighted by Crippen LogP contribution is 2.34. The van der Waals surface area contributed by atoms with Crippen LogP contribution in [0.25, 0.3) is 0 Å². The summed E-state index contributed by atoms with van der Waals surface area (Å²) in [5, 5.41) is 2.18. The number of piperidine rings is 1. The third kappa shape index (κ3) is 6.05.